The molecule has 1 amide bonds. The van der Waals surface area contributed by atoms with E-state index in [4.69, 9.17) is 10.5 Å². The van der Waals surface area contributed by atoms with Gasteiger partial charge in [0.25, 0.3) is 0 Å². The van der Waals surface area contributed by atoms with E-state index in [9.17, 15) is 4.79 Å². The quantitative estimate of drug-likeness (QED) is 0.850. The Bertz CT molecular complexity index is 495. The SMILES string of the molecule is CCOC1CC(N)(C(=O)NCc2ccn(C)c2)C1(C)C. The lowest BCUT2D eigenvalue weighted by atomic mass is 9.54. The van der Waals surface area contributed by atoms with Gasteiger partial charge in [0.05, 0.1) is 6.10 Å². The Labute approximate surface area is 120 Å². The van der Waals surface area contributed by atoms with Gasteiger partial charge in [0.1, 0.15) is 5.54 Å². The summed E-state index contributed by atoms with van der Waals surface area (Å²) in [6.45, 7) is 7.11. The van der Waals surface area contributed by atoms with Crippen molar-refractivity contribution in [2.75, 3.05) is 6.61 Å². The number of nitrogens with zero attached hydrogens (tertiary/aromatic N) is 1. The van der Waals surface area contributed by atoms with Gasteiger partial charge in [-0.1, -0.05) is 13.8 Å². The number of hydrogen-bond acceptors (Lipinski definition) is 3. The summed E-state index contributed by atoms with van der Waals surface area (Å²) in [6.07, 6.45) is 4.57. The van der Waals surface area contributed by atoms with Crippen molar-refractivity contribution in [2.24, 2.45) is 18.2 Å². The van der Waals surface area contributed by atoms with Crippen LogP contribution in [0.3, 0.4) is 0 Å². The van der Waals surface area contributed by atoms with Crippen LogP contribution in [0.5, 0.6) is 0 Å². The maximum Gasteiger partial charge on any atom is 0.241 e. The van der Waals surface area contributed by atoms with E-state index in [0.717, 1.165) is 5.56 Å². The van der Waals surface area contributed by atoms with E-state index in [2.05, 4.69) is 5.32 Å². The Hall–Kier alpha value is -1.33. The summed E-state index contributed by atoms with van der Waals surface area (Å²) in [5.74, 6) is -0.0951. The molecule has 1 fully saturated rings. The molecule has 1 aromatic heterocycles. The van der Waals surface area contributed by atoms with Gasteiger partial charge in [-0.2, -0.15) is 0 Å². The van der Waals surface area contributed by atoms with E-state index in [1.54, 1.807) is 0 Å². The van der Waals surface area contributed by atoms with Crippen LogP contribution in [0, 0.1) is 5.41 Å². The van der Waals surface area contributed by atoms with Crippen LogP contribution >= 0.6 is 0 Å². The van der Waals surface area contributed by atoms with E-state index in [-0.39, 0.29) is 17.4 Å². The predicted octanol–water partition coefficient (Wildman–Crippen LogP) is 1.17. The molecule has 0 bridgehead atoms. The van der Waals surface area contributed by atoms with Crippen molar-refractivity contribution in [3.8, 4) is 0 Å². The smallest absolute Gasteiger partial charge is 0.241 e. The molecule has 20 heavy (non-hydrogen) atoms. The maximum absolute atomic E-state index is 12.4. The van der Waals surface area contributed by atoms with Gasteiger partial charge in [-0.05, 0) is 18.6 Å². The van der Waals surface area contributed by atoms with Gasteiger partial charge in [0.2, 0.25) is 5.91 Å². The third-order valence-electron chi connectivity index (χ3n) is 4.58. The zero-order valence-electron chi connectivity index (χ0n) is 12.8. The normalized spacial score (nSPS) is 27.9. The van der Waals surface area contributed by atoms with Crippen molar-refractivity contribution in [1.82, 2.24) is 9.88 Å². The van der Waals surface area contributed by atoms with E-state index < -0.39 is 5.54 Å². The summed E-state index contributed by atoms with van der Waals surface area (Å²) in [5.41, 5.74) is 6.20. The van der Waals surface area contributed by atoms with E-state index >= 15 is 0 Å². The fraction of sp³-hybridized carbons (Fsp3) is 0.667. The predicted molar refractivity (Wildman–Crippen MR) is 78.0 cm³/mol. The number of hydrogen-bond donors (Lipinski definition) is 2. The number of carbonyl (C=O) groups excluding carboxylic acids is 1. The minimum absolute atomic E-state index is 0.0555. The third-order valence-corrected chi connectivity index (χ3v) is 4.58. The standard InChI is InChI=1S/C15H25N3O2/c1-5-20-12-8-15(16,14(12,2)3)13(19)17-9-11-6-7-18(4)10-11/h6-7,10,12H,5,8-9,16H2,1-4H3,(H,17,19). The number of nitrogens with two attached hydrogens (primary N) is 1. The zero-order chi connectivity index (χ0) is 15.0. The molecular formula is C15H25N3O2. The van der Waals surface area contributed by atoms with Gasteiger partial charge in [-0.25, -0.2) is 0 Å². The van der Waals surface area contributed by atoms with Crippen molar-refractivity contribution in [3.05, 3.63) is 24.0 Å². The van der Waals surface area contributed by atoms with E-state index in [1.165, 1.54) is 0 Å². The molecule has 1 saturated carbocycles. The largest absolute Gasteiger partial charge is 0.378 e. The van der Waals surface area contributed by atoms with E-state index in [0.29, 0.717) is 19.6 Å². The highest BCUT2D eigenvalue weighted by Crippen LogP contribution is 2.49. The van der Waals surface area contributed by atoms with Crippen molar-refractivity contribution in [2.45, 2.75) is 45.4 Å². The second-order valence-corrected chi connectivity index (χ2v) is 6.21. The van der Waals surface area contributed by atoms with Gasteiger partial charge in [0, 0.05) is 44.4 Å². The molecule has 1 aromatic rings. The fourth-order valence-electron chi connectivity index (χ4n) is 2.83. The van der Waals surface area contributed by atoms with Gasteiger partial charge < -0.3 is 20.4 Å². The molecule has 5 heteroatoms. The molecule has 2 unspecified atom stereocenters. The summed E-state index contributed by atoms with van der Waals surface area (Å²) in [4.78, 5) is 12.4. The van der Waals surface area contributed by atoms with Crippen LogP contribution in [0.1, 0.15) is 32.8 Å². The van der Waals surface area contributed by atoms with E-state index in [1.807, 2.05) is 50.8 Å². The third kappa shape index (κ3) is 2.36. The topological polar surface area (TPSA) is 69.3 Å². The lowest BCUT2D eigenvalue weighted by Gasteiger charge is -2.57. The molecule has 112 valence electrons. The van der Waals surface area contributed by atoms with Crippen LogP contribution in [0.25, 0.3) is 0 Å². The first-order valence-electron chi connectivity index (χ1n) is 7.11. The minimum atomic E-state index is -0.846. The molecular weight excluding hydrogens is 254 g/mol. The average Bonchev–Trinajstić information content (AvgIpc) is 2.81. The lowest BCUT2D eigenvalue weighted by molar-refractivity contribution is -0.170. The first-order chi connectivity index (χ1) is 9.31. The summed E-state index contributed by atoms with van der Waals surface area (Å²) in [7, 11) is 1.96. The molecule has 5 nitrogen and oxygen atoms in total. The van der Waals surface area contributed by atoms with Gasteiger partial charge >= 0.3 is 0 Å². The second kappa shape index (κ2) is 5.22. The van der Waals surface area contributed by atoms with Crippen molar-refractivity contribution in [3.63, 3.8) is 0 Å². The lowest BCUT2D eigenvalue weighted by Crippen LogP contribution is -2.75. The molecule has 1 aliphatic carbocycles. The molecule has 1 aliphatic rings. The molecule has 0 saturated heterocycles. The van der Waals surface area contributed by atoms with Crippen LogP contribution < -0.4 is 11.1 Å². The number of carbonyl (C=O) groups is 1. The number of ether oxygens (including phenoxy) is 1. The molecule has 0 spiro atoms. The monoisotopic (exact) mass is 279 g/mol. The number of aromatic nitrogens is 1. The molecule has 2 rings (SSSR count). The van der Waals surface area contributed by atoms with Gasteiger partial charge in [-0.15, -0.1) is 0 Å². The van der Waals surface area contributed by atoms with Crippen LogP contribution in [-0.2, 0) is 23.1 Å². The zero-order valence-corrected chi connectivity index (χ0v) is 12.8. The van der Waals surface area contributed by atoms with Gasteiger partial charge in [0.15, 0.2) is 0 Å². The molecule has 0 aliphatic heterocycles. The molecule has 1 heterocycles. The summed E-state index contributed by atoms with van der Waals surface area (Å²) in [6, 6.07) is 1.98. The molecule has 0 radical (unpaired) electrons. The number of rotatable bonds is 5. The fourth-order valence-corrected chi connectivity index (χ4v) is 2.83. The summed E-state index contributed by atoms with van der Waals surface area (Å²) < 4.78 is 7.60. The van der Waals surface area contributed by atoms with Crippen molar-refractivity contribution >= 4 is 5.91 Å². The summed E-state index contributed by atoms with van der Waals surface area (Å²) >= 11 is 0. The van der Waals surface area contributed by atoms with Gasteiger partial charge in [-0.3, -0.25) is 4.79 Å². The molecule has 2 atom stereocenters. The first kappa shape index (κ1) is 15.1. The first-order valence-corrected chi connectivity index (χ1v) is 7.11. The van der Waals surface area contributed by atoms with Crippen LogP contribution in [-0.4, -0.2) is 28.7 Å². The number of nitrogens with one attached hydrogen (secondary N) is 1. The second-order valence-electron chi connectivity index (χ2n) is 6.21. The minimum Gasteiger partial charge on any atom is -0.378 e. The number of amides is 1. The maximum atomic E-state index is 12.4. The average molecular weight is 279 g/mol. The number of aryl methyl sites for hydroxylation is 1. The highest BCUT2D eigenvalue weighted by Gasteiger charge is 2.62. The van der Waals surface area contributed by atoms with Crippen LogP contribution in [0.2, 0.25) is 0 Å². The van der Waals surface area contributed by atoms with Crippen LogP contribution in [0.4, 0.5) is 0 Å². The Morgan fingerprint density at radius 1 is 1.60 bits per heavy atom. The summed E-state index contributed by atoms with van der Waals surface area (Å²) in [5, 5.41) is 2.94. The molecule has 0 aromatic carbocycles. The Morgan fingerprint density at radius 3 is 2.80 bits per heavy atom. The highest BCUT2D eigenvalue weighted by molar-refractivity contribution is 5.88. The van der Waals surface area contributed by atoms with Crippen LogP contribution in [0.15, 0.2) is 18.5 Å². The molecule has 3 N–H and O–H groups in total. The van der Waals surface area contributed by atoms with Crippen molar-refractivity contribution < 1.29 is 9.53 Å². The van der Waals surface area contributed by atoms with Crippen molar-refractivity contribution in [1.29, 1.82) is 0 Å². The Balaban J connectivity index is 1.95. The Morgan fingerprint density at radius 2 is 2.30 bits per heavy atom. The Kier molecular flexibility index (Phi) is 3.93. The highest BCUT2D eigenvalue weighted by atomic mass is 16.5.